The van der Waals surface area contributed by atoms with Gasteiger partial charge < -0.3 is 18.9 Å². The van der Waals surface area contributed by atoms with Crippen LogP contribution in [0.15, 0.2) is 21.9 Å². The van der Waals surface area contributed by atoms with Crippen molar-refractivity contribution < 1.29 is 27.8 Å². The lowest BCUT2D eigenvalue weighted by molar-refractivity contribution is -0.270. The molecule has 1 unspecified atom stereocenters. The van der Waals surface area contributed by atoms with Gasteiger partial charge in [-0.15, -0.1) is 0 Å². The Morgan fingerprint density at radius 1 is 1.71 bits per heavy atom. The van der Waals surface area contributed by atoms with Crippen LogP contribution in [-0.4, -0.2) is 39.8 Å². The highest BCUT2D eigenvalue weighted by Crippen LogP contribution is 2.40. The fraction of sp³-hybridized carbons (Fsp3) is 0.600. The van der Waals surface area contributed by atoms with Gasteiger partial charge in [-0.25, -0.2) is 9.18 Å². The summed E-state index contributed by atoms with van der Waals surface area (Å²) in [6.45, 7) is -0.116. The largest absolute Gasteiger partial charge is 0.392 e. The maximum Gasteiger partial charge on any atom is 0.330 e. The van der Waals surface area contributed by atoms with E-state index in [-0.39, 0.29) is 0 Å². The number of hydrogen-bond acceptors (Lipinski definition) is 7. The normalized spacial score (nSPS) is 31.0. The van der Waals surface area contributed by atoms with Crippen LogP contribution in [0.25, 0.3) is 0 Å². The zero-order valence-corrected chi connectivity index (χ0v) is 11.9. The Labute approximate surface area is 118 Å². The van der Waals surface area contributed by atoms with Crippen molar-refractivity contribution in [1.29, 1.82) is 0 Å². The molecule has 0 spiro atoms. The number of H-pyrrole nitrogens is 1. The second-order valence-electron chi connectivity index (χ2n) is 4.36. The summed E-state index contributed by atoms with van der Waals surface area (Å²) in [5.74, 6) is -2.50. The molecule has 1 aliphatic heterocycles. The minimum absolute atomic E-state index is 0.640. The van der Waals surface area contributed by atoms with Gasteiger partial charge in [0.15, 0.2) is 6.23 Å². The number of aliphatic hydroxyl groups is 1. The summed E-state index contributed by atoms with van der Waals surface area (Å²) in [6, 6.07) is 1.02. The van der Waals surface area contributed by atoms with Crippen LogP contribution >= 0.6 is 8.25 Å². The molecule has 2 rings (SSSR count). The zero-order valence-electron chi connectivity index (χ0n) is 10.9. The van der Waals surface area contributed by atoms with Gasteiger partial charge in [0.05, 0.1) is 6.61 Å². The number of nitrogens with zero attached hydrogens (tertiary/aromatic N) is 1. The van der Waals surface area contributed by atoms with Crippen molar-refractivity contribution in [3.8, 4) is 0 Å². The van der Waals surface area contributed by atoms with Gasteiger partial charge >= 0.3 is 13.9 Å². The van der Waals surface area contributed by atoms with Crippen LogP contribution in [0.3, 0.4) is 0 Å². The van der Waals surface area contributed by atoms with E-state index in [0.717, 1.165) is 16.8 Å². The molecule has 1 aromatic rings. The minimum atomic E-state index is -2.78. The quantitative estimate of drug-likeness (QED) is 0.719. The number of ether oxygens (including phenoxy) is 1. The minimum Gasteiger partial charge on any atom is -0.392 e. The van der Waals surface area contributed by atoms with E-state index in [1.54, 1.807) is 0 Å². The molecule has 2 N–H and O–H groups in total. The molecule has 21 heavy (non-hydrogen) atoms. The average molecular weight is 324 g/mol. The van der Waals surface area contributed by atoms with E-state index in [1.165, 1.54) is 6.92 Å². The lowest BCUT2D eigenvalue weighted by Gasteiger charge is -2.36. The van der Waals surface area contributed by atoms with Gasteiger partial charge in [-0.05, 0) is 6.92 Å². The van der Waals surface area contributed by atoms with E-state index in [9.17, 15) is 23.7 Å². The third-order valence-electron chi connectivity index (χ3n) is 2.92. The highest BCUT2D eigenvalue weighted by atomic mass is 31.1. The second kappa shape index (κ2) is 6.20. The van der Waals surface area contributed by atoms with Gasteiger partial charge in [0.2, 0.25) is 0 Å². The van der Waals surface area contributed by atoms with Crippen molar-refractivity contribution >= 4 is 8.25 Å². The molecule has 0 aliphatic carbocycles. The lowest BCUT2D eigenvalue weighted by Crippen LogP contribution is -2.49. The first kappa shape index (κ1) is 16.1. The number of aliphatic hydroxyl groups excluding tert-OH is 1. The Balaban J connectivity index is 2.24. The smallest absolute Gasteiger partial charge is 0.330 e. The molecule has 0 bridgehead atoms. The number of rotatable bonds is 4. The third-order valence-corrected chi connectivity index (χ3v) is 3.84. The summed E-state index contributed by atoms with van der Waals surface area (Å²) >= 11 is 0. The predicted octanol–water partition coefficient (Wildman–Crippen LogP) is -0.465. The van der Waals surface area contributed by atoms with E-state index in [0.29, 0.717) is 0 Å². The molecule has 1 aromatic heterocycles. The number of aromatic nitrogens is 2. The molecule has 9 nitrogen and oxygen atoms in total. The summed E-state index contributed by atoms with van der Waals surface area (Å²) < 4.78 is 40.8. The molecule has 0 saturated carbocycles. The van der Waals surface area contributed by atoms with Gasteiger partial charge in [-0.2, -0.15) is 0 Å². The van der Waals surface area contributed by atoms with Crippen molar-refractivity contribution in [1.82, 2.24) is 9.55 Å². The van der Waals surface area contributed by atoms with Crippen LogP contribution < -0.4 is 11.2 Å². The summed E-state index contributed by atoms with van der Waals surface area (Å²) in [7, 11) is -2.78. The first-order chi connectivity index (χ1) is 9.85. The van der Waals surface area contributed by atoms with Crippen molar-refractivity contribution in [2.45, 2.75) is 25.1 Å². The maximum absolute atomic E-state index is 14.6. The molecule has 0 radical (unpaired) electrons. The van der Waals surface area contributed by atoms with E-state index >= 15 is 0 Å². The third kappa shape index (κ3) is 3.47. The Kier molecular flexibility index (Phi) is 4.74. The molecular weight excluding hydrogens is 310 g/mol. The van der Waals surface area contributed by atoms with E-state index in [1.807, 2.05) is 4.98 Å². The van der Waals surface area contributed by atoms with Gasteiger partial charge in [0.25, 0.3) is 11.4 Å². The number of hydrogen-bond donors (Lipinski definition) is 2. The summed E-state index contributed by atoms with van der Waals surface area (Å²) in [4.78, 5) is 24.5. The van der Waals surface area contributed by atoms with Crippen LogP contribution in [0.5, 0.6) is 0 Å². The Morgan fingerprint density at radius 3 is 3.00 bits per heavy atom. The molecule has 2 heterocycles. The first-order valence-corrected chi connectivity index (χ1v) is 7.20. The highest BCUT2D eigenvalue weighted by molar-refractivity contribution is 7.33. The Bertz CT molecular complexity index is 647. The summed E-state index contributed by atoms with van der Waals surface area (Å²) in [5, 5.41) is 9.28. The second-order valence-corrected chi connectivity index (χ2v) is 5.38. The van der Waals surface area contributed by atoms with E-state index in [2.05, 4.69) is 4.52 Å². The van der Waals surface area contributed by atoms with Crippen LogP contribution in [-0.2, 0) is 18.3 Å². The average Bonchev–Trinajstić information content (AvgIpc) is 2.42. The molecule has 1 saturated heterocycles. The number of alkyl halides is 1. The van der Waals surface area contributed by atoms with Crippen molar-refractivity contribution in [3.63, 3.8) is 0 Å². The van der Waals surface area contributed by atoms with E-state index < -0.39 is 50.9 Å². The fourth-order valence-electron chi connectivity index (χ4n) is 1.73. The SMILES string of the molecule is C[C@@H]1O[PH](=O)OC[C@@]1(F)O[C@H](CO)n1ccc(=O)[nH]c1=O. The van der Waals surface area contributed by atoms with Crippen molar-refractivity contribution in [2.75, 3.05) is 13.2 Å². The van der Waals surface area contributed by atoms with Crippen molar-refractivity contribution in [3.05, 3.63) is 33.1 Å². The summed E-state index contributed by atoms with van der Waals surface area (Å²) in [5.41, 5.74) is -1.51. The first-order valence-electron chi connectivity index (χ1n) is 5.98. The molecule has 1 fully saturated rings. The molecule has 1 aliphatic rings. The number of halogens is 1. The molecular formula is C10H14FN2O7P. The topological polar surface area (TPSA) is 120 Å². The van der Waals surface area contributed by atoms with Crippen LogP contribution in [0.1, 0.15) is 13.2 Å². The van der Waals surface area contributed by atoms with Crippen LogP contribution in [0, 0.1) is 0 Å². The monoisotopic (exact) mass is 324 g/mol. The van der Waals surface area contributed by atoms with Crippen LogP contribution in [0.4, 0.5) is 4.39 Å². The maximum atomic E-state index is 14.6. The molecule has 0 aromatic carbocycles. The Morgan fingerprint density at radius 2 is 2.43 bits per heavy atom. The number of nitrogens with one attached hydrogen (secondary N) is 1. The van der Waals surface area contributed by atoms with Gasteiger partial charge in [0.1, 0.15) is 12.7 Å². The summed E-state index contributed by atoms with van der Waals surface area (Å²) in [6.07, 6.45) is -1.57. The number of aromatic amines is 1. The standard InChI is InChI=1S/C10H14FN2O7P/c1-6-10(11,5-18-21(17)20-6)19-8(4-14)13-3-2-7(15)12-9(13)16/h2-3,6,8,14,21H,4-5H2,1H3,(H,12,15,16)/t6-,8+,10+/m0/s1. The van der Waals surface area contributed by atoms with Crippen LogP contribution in [0.2, 0.25) is 0 Å². The van der Waals surface area contributed by atoms with Gasteiger partial charge in [0, 0.05) is 12.3 Å². The zero-order chi connectivity index (χ0) is 15.6. The molecule has 0 amide bonds. The molecule has 11 heteroatoms. The van der Waals surface area contributed by atoms with Gasteiger partial charge in [-0.3, -0.25) is 18.9 Å². The fourth-order valence-corrected chi connectivity index (χ4v) is 2.58. The Hall–Kier alpha value is -1.32. The molecule has 4 atom stereocenters. The molecule has 118 valence electrons. The van der Waals surface area contributed by atoms with E-state index in [4.69, 9.17) is 9.26 Å². The highest BCUT2D eigenvalue weighted by Gasteiger charge is 2.46. The van der Waals surface area contributed by atoms with Crippen molar-refractivity contribution in [2.24, 2.45) is 0 Å². The van der Waals surface area contributed by atoms with Gasteiger partial charge in [-0.1, -0.05) is 0 Å². The lowest BCUT2D eigenvalue weighted by atomic mass is 10.2. The predicted molar refractivity (Wildman–Crippen MR) is 67.9 cm³/mol.